The number of ether oxygens (including phenoxy) is 3. The lowest BCUT2D eigenvalue weighted by Crippen LogP contribution is -2.65. The Balaban J connectivity index is 2.00. The molecule has 25 heavy (non-hydrogen) atoms. The summed E-state index contributed by atoms with van der Waals surface area (Å²) in [6.45, 7) is 0.519. The highest BCUT2D eigenvalue weighted by atomic mass is 16.6. The van der Waals surface area contributed by atoms with Gasteiger partial charge in [-0.3, -0.25) is 4.79 Å². The van der Waals surface area contributed by atoms with E-state index in [1.54, 1.807) is 24.3 Å². The van der Waals surface area contributed by atoms with Gasteiger partial charge in [0.2, 0.25) is 0 Å². The van der Waals surface area contributed by atoms with Crippen molar-refractivity contribution in [3.05, 3.63) is 35.9 Å². The Bertz CT molecular complexity index is 581. The van der Waals surface area contributed by atoms with E-state index in [9.17, 15) is 19.8 Å². The fourth-order valence-corrected chi connectivity index (χ4v) is 2.47. The first-order valence-corrected chi connectivity index (χ1v) is 7.69. The molecule has 0 saturated carbocycles. The zero-order valence-electron chi connectivity index (χ0n) is 13.6. The second-order valence-corrected chi connectivity index (χ2v) is 5.54. The minimum absolute atomic E-state index is 0.00357. The van der Waals surface area contributed by atoms with Gasteiger partial charge < -0.3 is 34.8 Å². The molecule has 4 N–H and O–H groups in total. The lowest BCUT2D eigenvalue weighted by Gasteiger charge is -2.41. The highest BCUT2D eigenvalue weighted by Crippen LogP contribution is 2.22. The van der Waals surface area contributed by atoms with Gasteiger partial charge in [0.25, 0.3) is 0 Å². The predicted molar refractivity (Wildman–Crippen MR) is 83.1 cm³/mol. The molecule has 1 amide bonds. The maximum atomic E-state index is 11.9. The number of aliphatic hydroxyl groups excluding tert-OH is 3. The monoisotopic (exact) mass is 355 g/mol. The SMILES string of the molecule is CC(=O)O[C@H]1[C@H](O)[C@@H](CO)O[C@H](O)[C@@H]1NC(=O)OCc1ccccc1. The average molecular weight is 355 g/mol. The molecular weight excluding hydrogens is 334 g/mol. The van der Waals surface area contributed by atoms with Crippen molar-refractivity contribution in [1.29, 1.82) is 0 Å². The molecule has 1 aromatic rings. The molecule has 138 valence electrons. The summed E-state index contributed by atoms with van der Waals surface area (Å²) in [6, 6.07) is 7.67. The van der Waals surface area contributed by atoms with Gasteiger partial charge in [-0.1, -0.05) is 30.3 Å². The van der Waals surface area contributed by atoms with Crippen LogP contribution in [-0.4, -0.2) is 64.6 Å². The minimum Gasteiger partial charge on any atom is -0.457 e. The molecule has 1 heterocycles. The first-order valence-electron chi connectivity index (χ1n) is 7.69. The zero-order valence-corrected chi connectivity index (χ0v) is 13.6. The Morgan fingerprint density at radius 3 is 2.52 bits per heavy atom. The zero-order chi connectivity index (χ0) is 18.4. The third-order valence-electron chi connectivity index (χ3n) is 3.67. The summed E-state index contributed by atoms with van der Waals surface area (Å²) in [5, 5.41) is 31.6. The topological polar surface area (TPSA) is 135 Å². The molecule has 5 atom stereocenters. The van der Waals surface area contributed by atoms with Crippen LogP contribution in [0.25, 0.3) is 0 Å². The number of hydrogen-bond acceptors (Lipinski definition) is 8. The molecule has 1 aromatic carbocycles. The van der Waals surface area contributed by atoms with Crippen LogP contribution >= 0.6 is 0 Å². The lowest BCUT2D eigenvalue weighted by atomic mass is 9.97. The summed E-state index contributed by atoms with van der Waals surface area (Å²) in [4.78, 5) is 23.2. The molecule has 9 heteroatoms. The van der Waals surface area contributed by atoms with Crippen LogP contribution in [-0.2, 0) is 25.6 Å². The van der Waals surface area contributed by atoms with E-state index >= 15 is 0 Å². The van der Waals surface area contributed by atoms with E-state index in [2.05, 4.69) is 5.32 Å². The number of amides is 1. The third kappa shape index (κ3) is 5.13. The van der Waals surface area contributed by atoms with Gasteiger partial charge in [0.15, 0.2) is 12.4 Å². The molecule has 0 aromatic heterocycles. The first kappa shape index (κ1) is 19.1. The summed E-state index contributed by atoms with van der Waals surface area (Å²) in [7, 11) is 0. The normalized spacial score (nSPS) is 28.9. The van der Waals surface area contributed by atoms with Crippen molar-refractivity contribution in [2.75, 3.05) is 6.61 Å². The molecule has 1 aliphatic heterocycles. The number of rotatable bonds is 5. The Hall–Kier alpha value is -2.20. The number of carbonyl (C=O) groups excluding carboxylic acids is 2. The molecule has 9 nitrogen and oxygen atoms in total. The fourth-order valence-electron chi connectivity index (χ4n) is 2.47. The largest absolute Gasteiger partial charge is 0.457 e. The quantitative estimate of drug-likeness (QED) is 0.509. The predicted octanol–water partition coefficient (Wildman–Crippen LogP) is -0.716. The molecule has 0 bridgehead atoms. The van der Waals surface area contributed by atoms with E-state index < -0.39 is 49.3 Å². The molecule has 0 spiro atoms. The summed E-state index contributed by atoms with van der Waals surface area (Å²) < 4.78 is 15.0. The van der Waals surface area contributed by atoms with Gasteiger partial charge in [-0.2, -0.15) is 0 Å². The summed E-state index contributed by atoms with van der Waals surface area (Å²) >= 11 is 0. The molecule has 2 rings (SSSR count). The number of hydrogen-bond donors (Lipinski definition) is 4. The van der Waals surface area contributed by atoms with Crippen LogP contribution < -0.4 is 5.32 Å². The molecule has 1 fully saturated rings. The van der Waals surface area contributed by atoms with E-state index in [-0.39, 0.29) is 6.61 Å². The fraction of sp³-hybridized carbons (Fsp3) is 0.500. The smallest absolute Gasteiger partial charge is 0.407 e. The van der Waals surface area contributed by atoms with Crippen molar-refractivity contribution in [1.82, 2.24) is 5.32 Å². The molecule has 1 saturated heterocycles. The van der Waals surface area contributed by atoms with E-state index in [4.69, 9.17) is 19.3 Å². The van der Waals surface area contributed by atoms with Crippen molar-refractivity contribution in [2.24, 2.45) is 0 Å². The second-order valence-electron chi connectivity index (χ2n) is 5.54. The van der Waals surface area contributed by atoms with Gasteiger partial charge in [-0.25, -0.2) is 4.79 Å². The number of benzene rings is 1. The van der Waals surface area contributed by atoms with Crippen LogP contribution in [0.4, 0.5) is 4.79 Å². The Morgan fingerprint density at radius 2 is 1.92 bits per heavy atom. The number of alkyl carbamates (subject to hydrolysis) is 1. The van der Waals surface area contributed by atoms with E-state index in [0.717, 1.165) is 12.5 Å². The minimum atomic E-state index is -1.60. The van der Waals surface area contributed by atoms with Crippen LogP contribution in [0.2, 0.25) is 0 Å². The van der Waals surface area contributed by atoms with Crippen molar-refractivity contribution >= 4 is 12.1 Å². The van der Waals surface area contributed by atoms with Crippen LogP contribution in [0.15, 0.2) is 30.3 Å². The van der Waals surface area contributed by atoms with Gasteiger partial charge in [-0.05, 0) is 5.56 Å². The van der Waals surface area contributed by atoms with E-state index in [1.165, 1.54) is 0 Å². The highest BCUT2D eigenvalue weighted by molar-refractivity contribution is 5.68. The van der Waals surface area contributed by atoms with Gasteiger partial charge in [0, 0.05) is 6.92 Å². The van der Waals surface area contributed by atoms with Crippen LogP contribution in [0.5, 0.6) is 0 Å². The van der Waals surface area contributed by atoms with Crippen molar-refractivity contribution in [2.45, 2.75) is 44.2 Å². The van der Waals surface area contributed by atoms with E-state index in [1.807, 2.05) is 6.07 Å². The average Bonchev–Trinajstić information content (AvgIpc) is 2.59. The standard InChI is InChI=1S/C16H21NO8/c1-9(19)24-14-12(15(21)25-11(7-18)13(14)20)17-16(22)23-8-10-5-3-2-4-6-10/h2-6,11-15,18,20-21H,7-8H2,1H3,(H,17,22)/t11-,12-,13-,14-,15+/m1/s1. The molecule has 0 unspecified atom stereocenters. The van der Waals surface area contributed by atoms with Crippen molar-refractivity contribution < 1.29 is 39.1 Å². The number of nitrogens with one attached hydrogen (secondary N) is 1. The molecule has 0 aliphatic carbocycles. The van der Waals surface area contributed by atoms with Crippen LogP contribution in [0, 0.1) is 0 Å². The number of esters is 1. The second kappa shape index (κ2) is 8.77. The lowest BCUT2D eigenvalue weighted by molar-refractivity contribution is -0.257. The van der Waals surface area contributed by atoms with Crippen molar-refractivity contribution in [3.8, 4) is 0 Å². The molecular formula is C16H21NO8. The maximum absolute atomic E-state index is 11.9. The van der Waals surface area contributed by atoms with Crippen LogP contribution in [0.1, 0.15) is 12.5 Å². The third-order valence-corrected chi connectivity index (χ3v) is 3.67. The highest BCUT2D eigenvalue weighted by Gasteiger charge is 2.47. The van der Waals surface area contributed by atoms with Crippen molar-refractivity contribution in [3.63, 3.8) is 0 Å². The maximum Gasteiger partial charge on any atom is 0.407 e. The van der Waals surface area contributed by atoms with E-state index in [0.29, 0.717) is 0 Å². The Kier molecular flexibility index (Phi) is 6.71. The van der Waals surface area contributed by atoms with Gasteiger partial charge in [0.05, 0.1) is 6.61 Å². The summed E-state index contributed by atoms with van der Waals surface area (Å²) in [6.07, 6.45) is -6.38. The summed E-state index contributed by atoms with van der Waals surface area (Å²) in [5.74, 6) is -0.723. The number of carbonyl (C=O) groups is 2. The van der Waals surface area contributed by atoms with Crippen LogP contribution in [0.3, 0.4) is 0 Å². The Morgan fingerprint density at radius 1 is 1.24 bits per heavy atom. The van der Waals surface area contributed by atoms with Gasteiger partial charge >= 0.3 is 12.1 Å². The number of aliphatic hydroxyl groups is 3. The first-order chi connectivity index (χ1) is 11.9. The molecule has 0 radical (unpaired) electrons. The summed E-state index contributed by atoms with van der Waals surface area (Å²) in [5.41, 5.74) is 0.759. The Labute approximate surface area is 144 Å². The van der Waals surface area contributed by atoms with Gasteiger partial charge in [-0.15, -0.1) is 0 Å². The molecule has 1 aliphatic rings. The van der Waals surface area contributed by atoms with Gasteiger partial charge in [0.1, 0.15) is 24.9 Å².